The molecular weight excluding hydrogens is 324 g/mol. The Kier molecular flexibility index (Phi) is 4.67. The van der Waals surface area contributed by atoms with Gasteiger partial charge in [-0.05, 0) is 37.5 Å². The van der Waals surface area contributed by atoms with E-state index in [2.05, 4.69) is 13.8 Å². The van der Waals surface area contributed by atoms with Crippen molar-refractivity contribution < 1.29 is 9.53 Å². The predicted molar refractivity (Wildman–Crippen MR) is 95.7 cm³/mol. The van der Waals surface area contributed by atoms with Crippen molar-refractivity contribution in [2.75, 3.05) is 13.2 Å². The number of benzene rings is 1. The maximum Gasteiger partial charge on any atom is 0.243 e. The van der Waals surface area contributed by atoms with E-state index in [1.165, 1.54) is 0 Å². The van der Waals surface area contributed by atoms with Crippen molar-refractivity contribution in [3.63, 3.8) is 0 Å². The first-order chi connectivity index (χ1) is 11.3. The highest BCUT2D eigenvalue weighted by atomic mass is 35.5. The fourth-order valence-corrected chi connectivity index (χ4v) is 4.67. The molecule has 2 aliphatic rings. The molecule has 1 aromatic carbocycles. The molecule has 1 aromatic rings. The third-order valence-corrected chi connectivity index (χ3v) is 6.21. The fraction of sp³-hybridized carbons (Fsp3) is 0.632. The number of hydrogen-bond donors (Lipinski definition) is 1. The maximum absolute atomic E-state index is 13.4. The van der Waals surface area contributed by atoms with Gasteiger partial charge in [-0.3, -0.25) is 4.79 Å². The molecule has 1 saturated heterocycles. The van der Waals surface area contributed by atoms with E-state index in [0.717, 1.165) is 25.0 Å². The molecule has 1 heterocycles. The smallest absolute Gasteiger partial charge is 0.243 e. The molecule has 3 rings (SSSR count). The van der Waals surface area contributed by atoms with Gasteiger partial charge >= 0.3 is 0 Å². The zero-order chi connectivity index (χ0) is 17.5. The second-order valence-electron chi connectivity index (χ2n) is 7.58. The Morgan fingerprint density at radius 2 is 2.21 bits per heavy atom. The van der Waals surface area contributed by atoms with E-state index in [-0.39, 0.29) is 23.3 Å². The van der Waals surface area contributed by atoms with Crippen molar-refractivity contribution in [2.45, 2.75) is 51.8 Å². The van der Waals surface area contributed by atoms with Gasteiger partial charge < -0.3 is 15.4 Å². The fourth-order valence-electron chi connectivity index (χ4n) is 4.45. The molecule has 1 saturated carbocycles. The minimum atomic E-state index is -0.854. The molecule has 3 atom stereocenters. The molecule has 132 valence electrons. The van der Waals surface area contributed by atoms with Crippen LogP contribution in [0.5, 0.6) is 0 Å². The number of amides is 1. The molecule has 5 heteroatoms. The van der Waals surface area contributed by atoms with Crippen LogP contribution in [-0.2, 0) is 16.1 Å². The van der Waals surface area contributed by atoms with Gasteiger partial charge in [0.05, 0.1) is 6.10 Å². The molecule has 3 unspecified atom stereocenters. The molecule has 2 fully saturated rings. The summed E-state index contributed by atoms with van der Waals surface area (Å²) in [6, 6.07) is 7.64. The Bertz CT molecular complexity index is 634. The minimum absolute atomic E-state index is 0.0294. The number of carbonyl (C=O) groups is 1. The molecule has 24 heavy (non-hydrogen) atoms. The summed E-state index contributed by atoms with van der Waals surface area (Å²) in [7, 11) is 0. The number of carbonyl (C=O) groups excluding carboxylic acids is 1. The lowest BCUT2D eigenvalue weighted by Crippen LogP contribution is -2.82. The van der Waals surface area contributed by atoms with Crippen LogP contribution in [0.25, 0.3) is 0 Å². The first kappa shape index (κ1) is 17.7. The average Bonchev–Trinajstić information content (AvgIpc) is 2.58. The van der Waals surface area contributed by atoms with Crippen molar-refractivity contribution in [1.29, 1.82) is 0 Å². The summed E-state index contributed by atoms with van der Waals surface area (Å²) in [6.07, 6.45) is 2.03. The lowest BCUT2D eigenvalue weighted by Gasteiger charge is -2.65. The van der Waals surface area contributed by atoms with Crippen molar-refractivity contribution in [3.8, 4) is 0 Å². The Balaban J connectivity index is 1.82. The molecular formula is C19H27ClN2O2. The molecule has 1 amide bonds. The molecule has 2 N–H and O–H groups in total. The monoisotopic (exact) mass is 350 g/mol. The lowest BCUT2D eigenvalue weighted by atomic mass is 9.46. The van der Waals surface area contributed by atoms with E-state index in [0.29, 0.717) is 18.1 Å². The first-order valence-corrected chi connectivity index (χ1v) is 9.14. The van der Waals surface area contributed by atoms with E-state index in [9.17, 15) is 4.79 Å². The van der Waals surface area contributed by atoms with Crippen LogP contribution < -0.4 is 5.73 Å². The standard InChI is InChI=1S/C19H27ClN2O2/c1-4-22(12-13-7-5-8-14(20)11-13)17(23)19(21)15-9-6-10-24-16(15)18(19,2)3/h5,7-8,11,15-16H,4,6,9-10,12,21H2,1-3H3. The largest absolute Gasteiger partial charge is 0.377 e. The van der Waals surface area contributed by atoms with Crippen LogP contribution in [0.4, 0.5) is 0 Å². The van der Waals surface area contributed by atoms with E-state index in [1.807, 2.05) is 36.1 Å². The van der Waals surface area contributed by atoms with Gasteiger partial charge in [0.25, 0.3) is 0 Å². The van der Waals surface area contributed by atoms with Crippen LogP contribution in [0.2, 0.25) is 5.02 Å². The first-order valence-electron chi connectivity index (χ1n) is 8.76. The number of likely N-dealkylation sites (N-methyl/N-ethyl adjacent to an activating group) is 1. The Hall–Kier alpha value is -1.10. The van der Waals surface area contributed by atoms with E-state index >= 15 is 0 Å². The van der Waals surface area contributed by atoms with Crippen LogP contribution >= 0.6 is 11.6 Å². The topological polar surface area (TPSA) is 55.6 Å². The van der Waals surface area contributed by atoms with Gasteiger partial charge in [0.2, 0.25) is 5.91 Å². The predicted octanol–water partition coefficient (Wildman–Crippen LogP) is 3.22. The summed E-state index contributed by atoms with van der Waals surface area (Å²) in [5.41, 5.74) is 6.56. The number of rotatable bonds is 4. The van der Waals surface area contributed by atoms with E-state index in [1.54, 1.807) is 0 Å². The second-order valence-corrected chi connectivity index (χ2v) is 8.02. The summed E-state index contributed by atoms with van der Waals surface area (Å²) in [5, 5.41) is 0.684. The number of nitrogens with two attached hydrogens (primary N) is 1. The molecule has 0 spiro atoms. The van der Waals surface area contributed by atoms with Crippen LogP contribution in [0.1, 0.15) is 39.2 Å². The number of halogens is 1. The zero-order valence-corrected chi connectivity index (χ0v) is 15.5. The highest BCUT2D eigenvalue weighted by molar-refractivity contribution is 6.30. The number of fused-ring (bicyclic) bond motifs is 1. The van der Waals surface area contributed by atoms with Gasteiger partial charge in [-0.2, -0.15) is 0 Å². The summed E-state index contributed by atoms with van der Waals surface area (Å²) in [6.45, 7) is 8.04. The van der Waals surface area contributed by atoms with Gasteiger partial charge in [-0.25, -0.2) is 0 Å². The van der Waals surface area contributed by atoms with Crippen LogP contribution in [-0.4, -0.2) is 35.6 Å². The summed E-state index contributed by atoms with van der Waals surface area (Å²) < 4.78 is 5.92. The molecule has 4 nitrogen and oxygen atoms in total. The average molecular weight is 351 g/mol. The quantitative estimate of drug-likeness (QED) is 0.907. The lowest BCUT2D eigenvalue weighted by molar-refractivity contribution is -0.230. The molecule has 0 aromatic heterocycles. The van der Waals surface area contributed by atoms with E-state index < -0.39 is 5.54 Å². The van der Waals surface area contributed by atoms with Gasteiger partial charge in [0.1, 0.15) is 5.54 Å². The maximum atomic E-state index is 13.4. The normalized spacial score (nSPS) is 31.0. The SMILES string of the molecule is CCN(Cc1cccc(Cl)c1)C(=O)C1(N)C2CCCOC2C1(C)C. The van der Waals surface area contributed by atoms with Crippen molar-refractivity contribution in [3.05, 3.63) is 34.9 Å². The van der Waals surface area contributed by atoms with Gasteiger partial charge in [0.15, 0.2) is 0 Å². The Morgan fingerprint density at radius 1 is 1.46 bits per heavy atom. The van der Waals surface area contributed by atoms with Gasteiger partial charge in [0, 0.05) is 36.1 Å². The number of hydrogen-bond acceptors (Lipinski definition) is 3. The molecule has 1 aliphatic carbocycles. The molecule has 1 aliphatic heterocycles. The van der Waals surface area contributed by atoms with Crippen LogP contribution in [0.3, 0.4) is 0 Å². The highest BCUT2D eigenvalue weighted by Gasteiger charge is 2.70. The zero-order valence-electron chi connectivity index (χ0n) is 14.7. The van der Waals surface area contributed by atoms with E-state index in [4.69, 9.17) is 22.1 Å². The molecule has 0 bridgehead atoms. The number of ether oxygens (including phenoxy) is 1. The highest BCUT2D eigenvalue weighted by Crippen LogP contribution is 2.58. The third-order valence-electron chi connectivity index (χ3n) is 5.97. The minimum Gasteiger partial charge on any atom is -0.377 e. The Labute approximate surface area is 149 Å². The van der Waals surface area contributed by atoms with Crippen LogP contribution in [0.15, 0.2) is 24.3 Å². The van der Waals surface area contributed by atoms with Crippen molar-refractivity contribution >= 4 is 17.5 Å². The third kappa shape index (κ3) is 2.56. The summed E-state index contributed by atoms with van der Waals surface area (Å²) in [5.74, 6) is 0.142. The second kappa shape index (κ2) is 6.32. The summed E-state index contributed by atoms with van der Waals surface area (Å²) >= 11 is 6.07. The number of nitrogens with zero attached hydrogens (tertiary/aromatic N) is 1. The van der Waals surface area contributed by atoms with Crippen LogP contribution in [0, 0.1) is 11.3 Å². The van der Waals surface area contributed by atoms with Crippen molar-refractivity contribution in [2.24, 2.45) is 17.1 Å². The molecule has 0 radical (unpaired) electrons. The van der Waals surface area contributed by atoms with Gasteiger partial charge in [-0.1, -0.05) is 37.6 Å². The van der Waals surface area contributed by atoms with Gasteiger partial charge in [-0.15, -0.1) is 0 Å². The summed E-state index contributed by atoms with van der Waals surface area (Å²) in [4.78, 5) is 15.2. The van der Waals surface area contributed by atoms with Crippen molar-refractivity contribution in [1.82, 2.24) is 4.90 Å². The Morgan fingerprint density at radius 3 is 2.88 bits per heavy atom.